The fraction of sp³-hybridized carbons (Fsp3) is 0.333. The number of ether oxygens (including phenoxy) is 1. The molecule has 4 heteroatoms. The summed E-state index contributed by atoms with van der Waals surface area (Å²) in [5.74, 6) is 0.239. The minimum absolute atomic E-state index is 0.0613. The van der Waals surface area contributed by atoms with E-state index in [1.165, 1.54) is 6.07 Å². The number of ketones is 1. The van der Waals surface area contributed by atoms with E-state index < -0.39 is 5.97 Å². The molecule has 1 aliphatic carbocycles. The molecule has 0 fully saturated rings. The summed E-state index contributed by atoms with van der Waals surface area (Å²) in [6.07, 6.45) is 2.33. The fourth-order valence-electron chi connectivity index (χ4n) is 3.06. The lowest BCUT2D eigenvalue weighted by molar-refractivity contribution is 0.0696. The Morgan fingerprint density at radius 2 is 1.84 bits per heavy atom. The summed E-state index contributed by atoms with van der Waals surface area (Å²) in [5, 5.41) is 9.15. The van der Waals surface area contributed by atoms with E-state index in [4.69, 9.17) is 9.84 Å². The van der Waals surface area contributed by atoms with Gasteiger partial charge in [-0.05, 0) is 66.6 Å². The van der Waals surface area contributed by atoms with Crippen LogP contribution in [0.15, 0.2) is 36.4 Å². The van der Waals surface area contributed by atoms with E-state index in [1.54, 1.807) is 12.1 Å². The largest absolute Gasteiger partial charge is 0.494 e. The number of carboxylic acid groups (broad SMARTS) is 1. The summed E-state index contributed by atoms with van der Waals surface area (Å²) in [7, 11) is 0. The van der Waals surface area contributed by atoms with Gasteiger partial charge in [0.2, 0.25) is 0 Å². The third kappa shape index (κ3) is 3.73. The molecule has 2 aromatic rings. The molecule has 0 radical (unpaired) electrons. The highest BCUT2D eigenvalue weighted by atomic mass is 16.5. The maximum atomic E-state index is 12.9. The van der Waals surface area contributed by atoms with Crippen LogP contribution in [0.1, 0.15) is 57.7 Å². The number of carboxylic acids is 1. The van der Waals surface area contributed by atoms with E-state index in [-0.39, 0.29) is 11.3 Å². The van der Waals surface area contributed by atoms with Crippen LogP contribution in [0.25, 0.3) is 0 Å². The minimum Gasteiger partial charge on any atom is -0.494 e. The molecular weight excluding hydrogens is 316 g/mol. The van der Waals surface area contributed by atoms with Gasteiger partial charge in [-0.2, -0.15) is 0 Å². The van der Waals surface area contributed by atoms with Gasteiger partial charge >= 0.3 is 5.97 Å². The Labute approximate surface area is 147 Å². The van der Waals surface area contributed by atoms with Crippen molar-refractivity contribution in [1.29, 1.82) is 0 Å². The van der Waals surface area contributed by atoms with Gasteiger partial charge in [-0.25, -0.2) is 4.79 Å². The Bertz CT molecular complexity index is 821. The standard InChI is InChI=1S/C21H22O4/c1-13(2)9-10-25-17-7-5-14-3-4-15-11-16(21(23)24)6-8-18(15)20(22)19(14)12-17/h5-8,11-13H,3-4,9-10H2,1-2H3,(H,23,24). The van der Waals surface area contributed by atoms with E-state index >= 15 is 0 Å². The van der Waals surface area contributed by atoms with Crippen molar-refractivity contribution in [2.24, 2.45) is 5.92 Å². The first-order chi connectivity index (χ1) is 12.0. The molecule has 0 amide bonds. The molecule has 0 spiro atoms. The second-order valence-corrected chi connectivity index (χ2v) is 6.86. The molecule has 4 nitrogen and oxygen atoms in total. The molecule has 25 heavy (non-hydrogen) atoms. The number of fused-ring (bicyclic) bond motifs is 2. The van der Waals surface area contributed by atoms with Crippen molar-refractivity contribution < 1.29 is 19.4 Å². The highest BCUT2D eigenvalue weighted by molar-refractivity contribution is 6.11. The molecule has 0 unspecified atom stereocenters. The first-order valence-corrected chi connectivity index (χ1v) is 8.62. The summed E-state index contributed by atoms with van der Waals surface area (Å²) in [4.78, 5) is 24.1. The number of rotatable bonds is 5. The molecule has 0 aromatic heterocycles. The van der Waals surface area contributed by atoms with Crippen molar-refractivity contribution in [2.75, 3.05) is 6.61 Å². The second kappa shape index (κ2) is 7.09. The predicted molar refractivity (Wildman–Crippen MR) is 95.6 cm³/mol. The molecule has 0 saturated heterocycles. The van der Waals surface area contributed by atoms with E-state index in [9.17, 15) is 9.59 Å². The summed E-state index contributed by atoms with van der Waals surface area (Å²) >= 11 is 0. The van der Waals surface area contributed by atoms with Gasteiger partial charge < -0.3 is 9.84 Å². The van der Waals surface area contributed by atoms with Crippen LogP contribution in [0.4, 0.5) is 0 Å². The monoisotopic (exact) mass is 338 g/mol. The molecule has 0 bridgehead atoms. The summed E-state index contributed by atoms with van der Waals surface area (Å²) in [6.45, 7) is 4.92. The zero-order chi connectivity index (χ0) is 18.0. The van der Waals surface area contributed by atoms with Crippen LogP contribution in [0.3, 0.4) is 0 Å². The molecular formula is C21H22O4. The summed E-state index contributed by atoms with van der Waals surface area (Å²) < 4.78 is 5.78. The Kier molecular flexibility index (Phi) is 4.88. The van der Waals surface area contributed by atoms with Crippen LogP contribution >= 0.6 is 0 Å². The maximum Gasteiger partial charge on any atom is 0.335 e. The van der Waals surface area contributed by atoms with Gasteiger partial charge in [0.15, 0.2) is 5.78 Å². The average molecular weight is 338 g/mol. The van der Waals surface area contributed by atoms with Crippen molar-refractivity contribution in [3.05, 3.63) is 64.2 Å². The van der Waals surface area contributed by atoms with Crippen molar-refractivity contribution in [2.45, 2.75) is 33.1 Å². The van der Waals surface area contributed by atoms with E-state index in [0.29, 0.717) is 42.2 Å². The van der Waals surface area contributed by atoms with Crippen LogP contribution in [-0.2, 0) is 12.8 Å². The zero-order valence-corrected chi connectivity index (χ0v) is 14.5. The van der Waals surface area contributed by atoms with E-state index in [1.807, 2.05) is 18.2 Å². The van der Waals surface area contributed by atoms with Crippen molar-refractivity contribution in [1.82, 2.24) is 0 Å². The first-order valence-electron chi connectivity index (χ1n) is 8.62. The first kappa shape index (κ1) is 17.2. The number of aromatic carboxylic acids is 1. The molecule has 130 valence electrons. The number of carbonyl (C=O) groups is 2. The zero-order valence-electron chi connectivity index (χ0n) is 14.5. The number of aryl methyl sites for hydroxylation is 2. The quantitative estimate of drug-likeness (QED) is 0.890. The third-order valence-electron chi connectivity index (χ3n) is 4.55. The van der Waals surface area contributed by atoms with Crippen molar-refractivity contribution >= 4 is 11.8 Å². The van der Waals surface area contributed by atoms with Gasteiger partial charge in [0, 0.05) is 11.1 Å². The van der Waals surface area contributed by atoms with Gasteiger partial charge in [0.1, 0.15) is 5.75 Å². The van der Waals surface area contributed by atoms with Crippen LogP contribution in [0.2, 0.25) is 0 Å². The Morgan fingerprint density at radius 1 is 1.08 bits per heavy atom. The second-order valence-electron chi connectivity index (χ2n) is 6.86. The number of carbonyl (C=O) groups excluding carboxylic acids is 1. The summed E-state index contributed by atoms with van der Waals surface area (Å²) in [6, 6.07) is 10.4. The Balaban J connectivity index is 1.90. The van der Waals surface area contributed by atoms with Crippen molar-refractivity contribution in [3.8, 4) is 5.75 Å². The highest BCUT2D eigenvalue weighted by Crippen LogP contribution is 2.28. The number of hydrogen-bond acceptors (Lipinski definition) is 3. The molecule has 2 aromatic carbocycles. The van der Waals surface area contributed by atoms with Gasteiger partial charge in [-0.3, -0.25) is 4.79 Å². The van der Waals surface area contributed by atoms with Gasteiger partial charge in [0.05, 0.1) is 12.2 Å². The van der Waals surface area contributed by atoms with Crippen LogP contribution in [-0.4, -0.2) is 23.5 Å². The Morgan fingerprint density at radius 3 is 2.56 bits per heavy atom. The molecule has 3 rings (SSSR count). The van der Waals surface area contributed by atoms with Crippen LogP contribution < -0.4 is 4.74 Å². The lowest BCUT2D eigenvalue weighted by atomic mass is 9.97. The van der Waals surface area contributed by atoms with Crippen LogP contribution in [0, 0.1) is 5.92 Å². The van der Waals surface area contributed by atoms with Gasteiger partial charge in [-0.1, -0.05) is 19.9 Å². The maximum absolute atomic E-state index is 12.9. The predicted octanol–water partition coefficient (Wildman–Crippen LogP) is 4.14. The fourth-order valence-corrected chi connectivity index (χ4v) is 3.06. The SMILES string of the molecule is CC(C)CCOc1ccc2c(c1)C(=O)c1ccc(C(=O)O)cc1CC2. The molecule has 0 heterocycles. The minimum atomic E-state index is -0.974. The highest BCUT2D eigenvalue weighted by Gasteiger charge is 2.22. The lowest BCUT2D eigenvalue weighted by Gasteiger charge is -2.11. The van der Waals surface area contributed by atoms with E-state index in [2.05, 4.69) is 13.8 Å². The molecule has 0 atom stereocenters. The normalized spacial score (nSPS) is 13.2. The molecule has 0 aliphatic heterocycles. The topological polar surface area (TPSA) is 63.6 Å². The molecule has 0 saturated carbocycles. The molecule has 1 aliphatic rings. The van der Waals surface area contributed by atoms with Gasteiger partial charge in [-0.15, -0.1) is 0 Å². The molecule has 1 N–H and O–H groups in total. The lowest BCUT2D eigenvalue weighted by Crippen LogP contribution is -2.07. The third-order valence-corrected chi connectivity index (χ3v) is 4.55. The number of hydrogen-bond donors (Lipinski definition) is 1. The average Bonchev–Trinajstić information content (AvgIpc) is 2.72. The van der Waals surface area contributed by atoms with Crippen molar-refractivity contribution in [3.63, 3.8) is 0 Å². The Hall–Kier alpha value is -2.62. The van der Waals surface area contributed by atoms with Gasteiger partial charge in [0.25, 0.3) is 0 Å². The summed E-state index contributed by atoms with van der Waals surface area (Å²) in [5.41, 5.74) is 3.24. The smallest absolute Gasteiger partial charge is 0.335 e. The number of benzene rings is 2. The van der Waals surface area contributed by atoms with Crippen LogP contribution in [0.5, 0.6) is 5.75 Å². The van der Waals surface area contributed by atoms with E-state index in [0.717, 1.165) is 17.5 Å².